The summed E-state index contributed by atoms with van der Waals surface area (Å²) in [6, 6.07) is 15.3. The molecule has 0 fully saturated rings. The van der Waals surface area contributed by atoms with Crippen LogP contribution in [-0.4, -0.2) is 39.0 Å². The van der Waals surface area contributed by atoms with Crippen LogP contribution in [0.2, 0.25) is 0 Å². The van der Waals surface area contributed by atoms with Crippen LogP contribution in [0.5, 0.6) is 0 Å². The van der Waals surface area contributed by atoms with E-state index < -0.39 is 11.3 Å². The molecule has 2 heterocycles. The van der Waals surface area contributed by atoms with Gasteiger partial charge in [-0.1, -0.05) is 77.1 Å². The lowest BCUT2D eigenvalue weighted by atomic mass is 10.00. The lowest BCUT2D eigenvalue weighted by Gasteiger charge is -2.27. The van der Waals surface area contributed by atoms with Gasteiger partial charge in [-0.25, -0.2) is 9.89 Å². The molecule has 2 aliphatic heterocycles. The fourth-order valence-electron chi connectivity index (χ4n) is 4.07. The minimum absolute atomic E-state index is 0.0651. The Morgan fingerprint density at radius 2 is 1.76 bits per heavy atom. The molecule has 3 atom stereocenters. The molecule has 4 rings (SSSR count). The molecular formula is C27H32N4O2S. The molecule has 0 bridgehead atoms. The number of thioether (sulfide) groups is 1. The van der Waals surface area contributed by atoms with Crippen molar-refractivity contribution in [1.82, 2.24) is 4.90 Å². The molecule has 3 unspecified atom stereocenters. The zero-order valence-electron chi connectivity index (χ0n) is 20.4. The molecule has 0 aromatic heterocycles. The minimum Gasteiger partial charge on any atom is -0.325 e. The SMILES string of the molecule is CCC(SC1=Nc2ccccc2C2=NC(C(C)CC)C(=O)N12)C(=O)Nc1ccc(C(C)C)cc1. The first-order valence-electron chi connectivity index (χ1n) is 12.0. The van der Waals surface area contributed by atoms with Crippen LogP contribution in [0.3, 0.4) is 0 Å². The standard InChI is InChI=1S/C27H32N4O2S/c1-6-17(5)23-26(33)31-24(30-23)20-10-8-9-11-21(20)29-27(31)34-22(7-2)25(32)28-19-14-12-18(13-15-19)16(3)4/h8-17,22-23H,6-7H2,1-5H3,(H,28,32). The highest BCUT2D eigenvalue weighted by molar-refractivity contribution is 8.15. The van der Waals surface area contributed by atoms with Crippen molar-refractivity contribution in [1.29, 1.82) is 0 Å². The fraction of sp³-hybridized carbons (Fsp3) is 0.407. The molecule has 178 valence electrons. The number of carbonyl (C=O) groups is 2. The number of nitrogens with one attached hydrogen (secondary N) is 1. The number of carbonyl (C=O) groups excluding carboxylic acids is 2. The van der Waals surface area contributed by atoms with Crippen molar-refractivity contribution in [3.8, 4) is 0 Å². The number of amidine groups is 2. The number of nitrogens with zero attached hydrogens (tertiary/aromatic N) is 3. The van der Waals surface area contributed by atoms with Crippen LogP contribution in [-0.2, 0) is 9.59 Å². The van der Waals surface area contributed by atoms with E-state index in [1.165, 1.54) is 17.3 Å². The first kappa shape index (κ1) is 24.2. The number of hydrogen-bond donors (Lipinski definition) is 1. The molecule has 7 heteroatoms. The Kier molecular flexibility index (Phi) is 7.22. The van der Waals surface area contributed by atoms with Crippen molar-refractivity contribution in [3.63, 3.8) is 0 Å². The smallest absolute Gasteiger partial charge is 0.259 e. The lowest BCUT2D eigenvalue weighted by molar-refractivity contribution is -0.125. The Labute approximate surface area is 205 Å². The molecule has 2 aromatic carbocycles. The molecule has 2 aliphatic rings. The van der Waals surface area contributed by atoms with E-state index in [0.29, 0.717) is 23.3 Å². The number of hydrogen-bond acceptors (Lipinski definition) is 5. The van der Waals surface area contributed by atoms with Crippen LogP contribution in [0, 0.1) is 5.92 Å². The molecule has 0 saturated carbocycles. The molecule has 0 saturated heterocycles. The Bertz CT molecular complexity index is 1140. The molecule has 0 spiro atoms. The Balaban J connectivity index is 1.59. The van der Waals surface area contributed by atoms with E-state index in [1.54, 1.807) is 4.90 Å². The Morgan fingerprint density at radius 3 is 2.41 bits per heavy atom. The van der Waals surface area contributed by atoms with Gasteiger partial charge in [-0.2, -0.15) is 0 Å². The molecule has 1 N–H and O–H groups in total. The Hall–Kier alpha value is -2.93. The van der Waals surface area contributed by atoms with Crippen LogP contribution in [0.15, 0.2) is 58.5 Å². The van der Waals surface area contributed by atoms with Crippen LogP contribution < -0.4 is 5.32 Å². The zero-order chi connectivity index (χ0) is 24.4. The molecular weight excluding hydrogens is 444 g/mol. The van der Waals surface area contributed by atoms with Gasteiger partial charge in [-0.05, 0) is 48.1 Å². The predicted molar refractivity (Wildman–Crippen MR) is 141 cm³/mol. The van der Waals surface area contributed by atoms with Crippen LogP contribution in [0.4, 0.5) is 11.4 Å². The highest BCUT2D eigenvalue weighted by atomic mass is 32.2. The number of aliphatic imine (C=N–C) groups is 2. The van der Waals surface area contributed by atoms with Gasteiger partial charge in [-0.15, -0.1) is 0 Å². The highest BCUT2D eigenvalue weighted by Crippen LogP contribution is 2.36. The summed E-state index contributed by atoms with van der Waals surface area (Å²) in [4.78, 5) is 37.8. The molecule has 6 nitrogen and oxygen atoms in total. The van der Waals surface area contributed by atoms with E-state index >= 15 is 0 Å². The maximum Gasteiger partial charge on any atom is 0.259 e. The Morgan fingerprint density at radius 1 is 1.06 bits per heavy atom. The molecule has 2 amide bonds. The van der Waals surface area contributed by atoms with Gasteiger partial charge in [-0.3, -0.25) is 14.6 Å². The molecule has 34 heavy (non-hydrogen) atoms. The number of rotatable bonds is 7. The molecule has 0 aliphatic carbocycles. The second-order valence-electron chi connectivity index (χ2n) is 9.15. The second-order valence-corrected chi connectivity index (χ2v) is 10.3. The second kappa shape index (κ2) is 10.1. The summed E-state index contributed by atoms with van der Waals surface area (Å²) in [5.41, 5.74) is 3.62. The zero-order valence-corrected chi connectivity index (χ0v) is 21.2. The minimum atomic E-state index is -0.426. The van der Waals surface area contributed by atoms with Crippen molar-refractivity contribution in [2.45, 2.75) is 64.7 Å². The monoisotopic (exact) mass is 476 g/mol. The normalized spacial score (nSPS) is 18.7. The van der Waals surface area contributed by atoms with Gasteiger partial charge in [0.25, 0.3) is 5.91 Å². The third kappa shape index (κ3) is 4.67. The van der Waals surface area contributed by atoms with Crippen LogP contribution >= 0.6 is 11.8 Å². The largest absolute Gasteiger partial charge is 0.325 e. The lowest BCUT2D eigenvalue weighted by Crippen LogP contribution is -2.43. The van der Waals surface area contributed by atoms with E-state index in [-0.39, 0.29) is 17.7 Å². The van der Waals surface area contributed by atoms with Crippen LogP contribution in [0.1, 0.15) is 64.5 Å². The quantitative estimate of drug-likeness (QED) is 0.535. The maximum absolute atomic E-state index is 13.4. The summed E-state index contributed by atoms with van der Waals surface area (Å²) in [6.07, 6.45) is 1.46. The average molecular weight is 477 g/mol. The third-order valence-electron chi connectivity index (χ3n) is 6.44. The van der Waals surface area contributed by atoms with Crippen molar-refractivity contribution in [2.75, 3.05) is 5.32 Å². The van der Waals surface area contributed by atoms with E-state index in [9.17, 15) is 9.59 Å². The van der Waals surface area contributed by atoms with Gasteiger partial charge in [0, 0.05) is 11.3 Å². The fourth-order valence-corrected chi connectivity index (χ4v) is 5.09. The summed E-state index contributed by atoms with van der Waals surface area (Å²) in [5, 5.41) is 3.15. The van der Waals surface area contributed by atoms with E-state index in [0.717, 1.165) is 23.4 Å². The molecule has 0 radical (unpaired) electrons. The van der Waals surface area contributed by atoms with Crippen molar-refractivity contribution in [3.05, 3.63) is 59.7 Å². The van der Waals surface area contributed by atoms with Gasteiger partial charge in [0.1, 0.15) is 11.9 Å². The number of benzene rings is 2. The van der Waals surface area contributed by atoms with E-state index in [2.05, 4.69) is 26.1 Å². The summed E-state index contributed by atoms with van der Waals surface area (Å²) in [7, 11) is 0. The van der Waals surface area contributed by atoms with E-state index in [4.69, 9.17) is 9.98 Å². The van der Waals surface area contributed by atoms with Gasteiger partial charge in [0.05, 0.1) is 10.9 Å². The number of para-hydroxylation sites is 1. The maximum atomic E-state index is 13.4. The first-order chi connectivity index (χ1) is 16.3. The average Bonchev–Trinajstić information content (AvgIpc) is 3.19. The van der Waals surface area contributed by atoms with Gasteiger partial charge in [0.15, 0.2) is 5.17 Å². The summed E-state index contributed by atoms with van der Waals surface area (Å²) in [5.74, 6) is 1.04. The number of amides is 2. The van der Waals surface area contributed by atoms with Crippen molar-refractivity contribution in [2.24, 2.45) is 15.9 Å². The first-order valence-corrected chi connectivity index (χ1v) is 12.9. The third-order valence-corrected chi connectivity index (χ3v) is 7.75. The van der Waals surface area contributed by atoms with Gasteiger partial charge >= 0.3 is 0 Å². The van der Waals surface area contributed by atoms with Crippen LogP contribution in [0.25, 0.3) is 0 Å². The van der Waals surface area contributed by atoms with Crippen molar-refractivity contribution < 1.29 is 9.59 Å². The number of fused-ring (bicyclic) bond motifs is 3. The van der Waals surface area contributed by atoms with Crippen molar-refractivity contribution >= 4 is 46.0 Å². The predicted octanol–water partition coefficient (Wildman–Crippen LogP) is 5.97. The summed E-state index contributed by atoms with van der Waals surface area (Å²) in [6.45, 7) is 10.4. The summed E-state index contributed by atoms with van der Waals surface area (Å²) >= 11 is 1.33. The van der Waals surface area contributed by atoms with Gasteiger partial charge in [0.2, 0.25) is 5.91 Å². The summed E-state index contributed by atoms with van der Waals surface area (Å²) < 4.78 is 0. The van der Waals surface area contributed by atoms with Gasteiger partial charge < -0.3 is 5.32 Å². The highest BCUT2D eigenvalue weighted by Gasteiger charge is 2.43. The molecule has 2 aromatic rings. The van der Waals surface area contributed by atoms with E-state index in [1.807, 2.05) is 62.4 Å². The number of anilines is 1. The topological polar surface area (TPSA) is 74.1 Å².